The lowest BCUT2D eigenvalue weighted by molar-refractivity contribution is 0.475. The molecule has 0 aliphatic carbocycles. The zero-order valence-corrected chi connectivity index (χ0v) is 10.9. The molecule has 0 amide bonds. The van der Waals surface area contributed by atoms with E-state index >= 15 is 0 Å². The second-order valence-corrected chi connectivity index (χ2v) is 9.71. The van der Waals surface area contributed by atoms with Gasteiger partial charge in [0, 0.05) is 6.42 Å². The summed E-state index contributed by atoms with van der Waals surface area (Å²) in [5.74, 6) is 0.295. The third-order valence-electron chi connectivity index (χ3n) is 1.34. The molecule has 0 bridgehead atoms. The van der Waals surface area contributed by atoms with Crippen molar-refractivity contribution in [2.45, 2.75) is 8.56 Å². The van der Waals surface area contributed by atoms with Crippen LogP contribution in [0.15, 0.2) is 24.3 Å². The Hall–Kier alpha value is 0.460. The first kappa shape index (κ1) is 10.5. The molecular formula is C8H7Br3O. The van der Waals surface area contributed by atoms with Crippen molar-refractivity contribution in [3.8, 4) is 5.75 Å². The van der Waals surface area contributed by atoms with Crippen LogP contribution in [-0.4, -0.2) is 7.25 Å². The lowest BCUT2D eigenvalue weighted by Gasteiger charge is -2.11. The van der Waals surface area contributed by atoms with Crippen molar-refractivity contribution >= 4 is 47.8 Å². The summed E-state index contributed by atoms with van der Waals surface area (Å²) >= 11 is 10.2. The highest BCUT2D eigenvalue weighted by Crippen LogP contribution is 2.36. The minimum Gasteiger partial charge on any atom is -0.508 e. The van der Waals surface area contributed by atoms with Crippen LogP contribution in [0.3, 0.4) is 0 Å². The average Bonchev–Trinajstić information content (AvgIpc) is 1.91. The van der Waals surface area contributed by atoms with Crippen LogP contribution in [-0.2, 0) is 6.42 Å². The van der Waals surface area contributed by atoms with E-state index in [9.17, 15) is 0 Å². The molecule has 0 radical (unpaired) electrons. The number of aromatic hydroxyl groups is 1. The molecule has 1 nitrogen and oxygen atoms in total. The zero-order valence-electron chi connectivity index (χ0n) is 6.10. The Bertz CT molecular complexity index is 250. The second kappa shape index (κ2) is 4.11. The number of halogens is 3. The molecule has 1 aromatic carbocycles. The molecule has 0 aliphatic heterocycles. The first-order chi connectivity index (χ1) is 5.47. The van der Waals surface area contributed by atoms with Crippen LogP contribution < -0.4 is 0 Å². The maximum absolute atomic E-state index is 9.02. The van der Waals surface area contributed by atoms with E-state index < -0.39 is 0 Å². The molecular weight excluding hydrogens is 352 g/mol. The largest absolute Gasteiger partial charge is 0.508 e. The molecule has 1 rings (SSSR count). The standard InChI is InChI=1S/C8H7Br3O/c9-8(10,11)5-6-1-3-7(12)4-2-6/h1-4,12H,5H2. The van der Waals surface area contributed by atoms with Gasteiger partial charge in [-0.2, -0.15) is 0 Å². The van der Waals surface area contributed by atoms with E-state index in [0.717, 1.165) is 12.0 Å². The summed E-state index contributed by atoms with van der Waals surface area (Å²) in [6.07, 6.45) is 0.799. The molecule has 0 spiro atoms. The van der Waals surface area contributed by atoms with Gasteiger partial charge in [0.15, 0.2) is 0 Å². The van der Waals surface area contributed by atoms with Crippen molar-refractivity contribution in [2.24, 2.45) is 0 Å². The van der Waals surface area contributed by atoms with E-state index in [4.69, 9.17) is 5.11 Å². The highest BCUT2D eigenvalue weighted by atomic mass is 80.0. The first-order valence-corrected chi connectivity index (χ1v) is 5.70. The number of rotatable bonds is 1. The molecule has 0 saturated heterocycles. The van der Waals surface area contributed by atoms with Gasteiger partial charge < -0.3 is 5.11 Å². The van der Waals surface area contributed by atoms with Crippen LogP contribution in [0.4, 0.5) is 0 Å². The fourth-order valence-electron chi connectivity index (χ4n) is 0.845. The highest BCUT2D eigenvalue weighted by molar-refractivity contribution is 9.39. The maximum Gasteiger partial charge on any atom is 0.139 e. The summed E-state index contributed by atoms with van der Waals surface area (Å²) < 4.78 is -0.246. The summed E-state index contributed by atoms with van der Waals surface area (Å²) in [5.41, 5.74) is 1.14. The van der Waals surface area contributed by atoms with Crippen molar-refractivity contribution < 1.29 is 5.11 Å². The predicted octanol–water partition coefficient (Wildman–Crippen LogP) is 3.77. The summed E-state index contributed by atoms with van der Waals surface area (Å²) in [6.45, 7) is 0. The van der Waals surface area contributed by atoms with E-state index in [2.05, 4.69) is 47.8 Å². The van der Waals surface area contributed by atoms with E-state index in [1.807, 2.05) is 12.1 Å². The lowest BCUT2D eigenvalue weighted by atomic mass is 10.2. The van der Waals surface area contributed by atoms with Crippen molar-refractivity contribution in [3.05, 3.63) is 29.8 Å². The number of hydrogen-bond donors (Lipinski definition) is 1. The van der Waals surface area contributed by atoms with E-state index in [1.165, 1.54) is 0 Å². The van der Waals surface area contributed by atoms with Crippen LogP contribution in [0.25, 0.3) is 0 Å². The molecule has 12 heavy (non-hydrogen) atoms. The molecule has 0 aliphatic rings. The fraction of sp³-hybridized carbons (Fsp3) is 0.250. The van der Waals surface area contributed by atoms with Crippen molar-refractivity contribution in [1.29, 1.82) is 0 Å². The molecule has 66 valence electrons. The molecule has 0 atom stereocenters. The molecule has 0 fully saturated rings. The summed E-state index contributed by atoms with van der Waals surface area (Å²) in [6, 6.07) is 7.11. The number of phenols is 1. The predicted molar refractivity (Wildman–Crippen MR) is 61.3 cm³/mol. The number of phenolic OH excluding ortho intramolecular Hbond substituents is 1. The Morgan fingerprint density at radius 2 is 1.58 bits per heavy atom. The molecule has 0 aromatic heterocycles. The topological polar surface area (TPSA) is 20.2 Å². The SMILES string of the molecule is Oc1ccc(CC(Br)(Br)Br)cc1. The Morgan fingerprint density at radius 1 is 1.08 bits per heavy atom. The van der Waals surface area contributed by atoms with Gasteiger partial charge in [-0.15, -0.1) is 0 Å². The van der Waals surface area contributed by atoms with Crippen LogP contribution >= 0.6 is 47.8 Å². The quantitative estimate of drug-likeness (QED) is 0.758. The van der Waals surface area contributed by atoms with Gasteiger partial charge in [-0.25, -0.2) is 0 Å². The minimum atomic E-state index is -0.246. The Morgan fingerprint density at radius 3 is 2.00 bits per heavy atom. The maximum atomic E-state index is 9.02. The molecule has 0 saturated carbocycles. The van der Waals surface area contributed by atoms with E-state index in [0.29, 0.717) is 5.75 Å². The van der Waals surface area contributed by atoms with Crippen LogP contribution in [0.1, 0.15) is 5.56 Å². The fourth-order valence-corrected chi connectivity index (χ4v) is 1.82. The van der Waals surface area contributed by atoms with E-state index in [1.54, 1.807) is 12.1 Å². The van der Waals surface area contributed by atoms with Crippen LogP contribution in [0.5, 0.6) is 5.75 Å². The van der Waals surface area contributed by atoms with Crippen LogP contribution in [0, 0.1) is 0 Å². The third-order valence-corrected chi connectivity index (χ3v) is 2.18. The van der Waals surface area contributed by atoms with Gasteiger partial charge in [-0.05, 0) is 17.7 Å². The molecule has 4 heteroatoms. The normalized spacial score (nSPS) is 11.6. The van der Waals surface area contributed by atoms with Gasteiger partial charge >= 0.3 is 0 Å². The van der Waals surface area contributed by atoms with Crippen LogP contribution in [0.2, 0.25) is 0 Å². The Balaban J connectivity index is 2.71. The minimum absolute atomic E-state index is 0.246. The van der Waals surface area contributed by atoms with Crippen molar-refractivity contribution in [1.82, 2.24) is 0 Å². The molecule has 1 aromatic rings. The van der Waals surface area contributed by atoms with Gasteiger partial charge in [0.2, 0.25) is 0 Å². The van der Waals surface area contributed by atoms with Gasteiger partial charge in [-0.3, -0.25) is 0 Å². The Labute approximate surface area is 96.6 Å². The van der Waals surface area contributed by atoms with Gasteiger partial charge in [0.05, 0.1) is 0 Å². The highest BCUT2D eigenvalue weighted by Gasteiger charge is 2.17. The summed E-state index contributed by atoms with van der Waals surface area (Å²) in [5, 5.41) is 9.02. The van der Waals surface area contributed by atoms with Crippen molar-refractivity contribution in [2.75, 3.05) is 0 Å². The number of benzene rings is 1. The second-order valence-electron chi connectivity index (χ2n) is 2.46. The summed E-state index contributed by atoms with van der Waals surface area (Å²) in [4.78, 5) is 0. The smallest absolute Gasteiger partial charge is 0.139 e. The number of hydrogen-bond acceptors (Lipinski definition) is 1. The monoisotopic (exact) mass is 356 g/mol. The molecule has 0 heterocycles. The molecule has 0 unspecified atom stereocenters. The zero-order chi connectivity index (χ0) is 9.19. The van der Waals surface area contributed by atoms with Gasteiger partial charge in [0.1, 0.15) is 7.89 Å². The van der Waals surface area contributed by atoms with E-state index in [-0.39, 0.29) is 2.14 Å². The molecule has 1 N–H and O–H groups in total. The average molecular weight is 359 g/mol. The lowest BCUT2D eigenvalue weighted by Crippen LogP contribution is -2.03. The van der Waals surface area contributed by atoms with Gasteiger partial charge in [0.25, 0.3) is 0 Å². The number of alkyl halides is 3. The van der Waals surface area contributed by atoms with Crippen molar-refractivity contribution in [3.63, 3.8) is 0 Å². The third kappa shape index (κ3) is 3.92. The first-order valence-electron chi connectivity index (χ1n) is 3.32. The van der Waals surface area contributed by atoms with Gasteiger partial charge in [-0.1, -0.05) is 59.9 Å². The Kier molecular flexibility index (Phi) is 3.61. The summed E-state index contributed by atoms with van der Waals surface area (Å²) in [7, 11) is 0.